The fourth-order valence-electron chi connectivity index (χ4n) is 2.80. The van der Waals surface area contributed by atoms with Gasteiger partial charge >= 0.3 is 6.03 Å². The normalized spacial score (nSPS) is 11.9. The van der Waals surface area contributed by atoms with Crippen molar-refractivity contribution in [3.05, 3.63) is 71.0 Å². The molecule has 12 heteroatoms. The van der Waals surface area contributed by atoms with E-state index in [0.717, 1.165) is 11.3 Å². The van der Waals surface area contributed by atoms with Crippen LogP contribution in [0.3, 0.4) is 0 Å². The minimum absolute atomic E-state index is 0.106. The average molecular weight is 475 g/mol. The fourth-order valence-corrected chi connectivity index (χ4v) is 4.44. The van der Waals surface area contributed by atoms with E-state index in [1.54, 1.807) is 53.5 Å². The summed E-state index contributed by atoms with van der Waals surface area (Å²) in [5, 5.41) is 9.24. The summed E-state index contributed by atoms with van der Waals surface area (Å²) in [4.78, 5) is 28.9. The molecule has 0 aliphatic carbocycles. The van der Waals surface area contributed by atoms with Crippen molar-refractivity contribution in [1.29, 1.82) is 0 Å². The number of thiazole rings is 1. The molecule has 0 fully saturated rings. The fraction of sp³-hybridized carbons (Fsp3) is 0.0526. The maximum Gasteiger partial charge on any atom is 0.327 e. The Morgan fingerprint density at radius 1 is 1.23 bits per heavy atom. The molecule has 0 radical (unpaired) electrons. The second-order valence-electron chi connectivity index (χ2n) is 6.29. The van der Waals surface area contributed by atoms with Crippen LogP contribution in [0, 0.1) is 0 Å². The van der Waals surface area contributed by atoms with Gasteiger partial charge in [0.2, 0.25) is 0 Å². The summed E-state index contributed by atoms with van der Waals surface area (Å²) in [6, 6.07) is 10.7. The predicted octanol–water partition coefficient (Wildman–Crippen LogP) is 3.48. The molecule has 1 atom stereocenters. The smallest absolute Gasteiger partial charge is 0.327 e. The van der Waals surface area contributed by atoms with Gasteiger partial charge < -0.3 is 4.55 Å². The first-order valence-electron chi connectivity index (χ1n) is 8.76. The van der Waals surface area contributed by atoms with Gasteiger partial charge in [0.1, 0.15) is 0 Å². The number of urea groups is 1. The van der Waals surface area contributed by atoms with Gasteiger partial charge in [-0.15, -0.1) is 0 Å². The first-order chi connectivity index (χ1) is 14.9. The Labute approximate surface area is 187 Å². The molecule has 9 nitrogen and oxygen atoms in total. The number of fused-ring (bicyclic) bond motifs is 1. The maximum absolute atomic E-state index is 12.4. The molecule has 3 amide bonds. The number of halogens is 1. The van der Waals surface area contributed by atoms with Crippen molar-refractivity contribution in [2.75, 3.05) is 5.32 Å². The van der Waals surface area contributed by atoms with Crippen molar-refractivity contribution in [2.24, 2.45) is 0 Å². The van der Waals surface area contributed by atoms with Crippen molar-refractivity contribution < 1.29 is 18.4 Å². The van der Waals surface area contributed by atoms with Crippen LogP contribution in [0.25, 0.3) is 15.9 Å². The minimum Gasteiger partial charge on any atom is -0.772 e. The summed E-state index contributed by atoms with van der Waals surface area (Å²) in [5.74, 6) is -0.776. The highest BCUT2D eigenvalue weighted by molar-refractivity contribution is 7.78. The van der Waals surface area contributed by atoms with Crippen molar-refractivity contribution in [2.45, 2.75) is 5.75 Å². The average Bonchev–Trinajstić information content (AvgIpc) is 3.36. The first kappa shape index (κ1) is 21.1. The zero-order valence-corrected chi connectivity index (χ0v) is 18.0. The van der Waals surface area contributed by atoms with Gasteiger partial charge in [0.05, 0.1) is 26.5 Å². The number of hydrogen-bond acceptors (Lipinski definition) is 7. The van der Waals surface area contributed by atoms with Crippen LogP contribution in [0.4, 0.5) is 9.93 Å². The van der Waals surface area contributed by atoms with Crippen LogP contribution in [0.15, 0.2) is 54.9 Å². The third kappa shape index (κ3) is 4.97. The van der Waals surface area contributed by atoms with E-state index in [1.165, 1.54) is 6.07 Å². The van der Waals surface area contributed by atoms with E-state index in [1.807, 2.05) is 0 Å². The van der Waals surface area contributed by atoms with Gasteiger partial charge in [0, 0.05) is 18.1 Å². The van der Waals surface area contributed by atoms with E-state index in [2.05, 4.69) is 20.7 Å². The number of hydrogen-bond donors (Lipinski definition) is 2. The number of aromatic nitrogens is 3. The SMILES string of the molecule is O=C(NC(=O)c1ccc(-n2cccn2)cc1Cl)Nc1nc2ccc(CS(=O)[O-])cc2s1. The third-order valence-corrected chi connectivity index (χ3v) is 5.97. The maximum atomic E-state index is 12.4. The molecule has 158 valence electrons. The van der Waals surface area contributed by atoms with Crippen molar-refractivity contribution in [3.63, 3.8) is 0 Å². The number of benzene rings is 2. The van der Waals surface area contributed by atoms with Crippen molar-refractivity contribution in [3.8, 4) is 5.69 Å². The largest absolute Gasteiger partial charge is 0.772 e. The van der Waals surface area contributed by atoms with Gasteiger partial charge in [0.15, 0.2) is 5.13 Å². The number of anilines is 1. The van der Waals surface area contributed by atoms with Crippen molar-refractivity contribution >= 4 is 61.3 Å². The Balaban J connectivity index is 1.43. The molecule has 0 spiro atoms. The number of nitrogens with zero attached hydrogens (tertiary/aromatic N) is 3. The van der Waals surface area contributed by atoms with Gasteiger partial charge in [-0.3, -0.25) is 19.6 Å². The van der Waals surface area contributed by atoms with E-state index in [9.17, 15) is 18.4 Å². The lowest BCUT2D eigenvalue weighted by Crippen LogP contribution is -2.34. The molecule has 0 bridgehead atoms. The van der Waals surface area contributed by atoms with Crippen LogP contribution in [0.2, 0.25) is 5.02 Å². The molecule has 0 saturated heterocycles. The number of amides is 3. The molecule has 0 saturated carbocycles. The highest BCUT2D eigenvalue weighted by Gasteiger charge is 2.16. The van der Waals surface area contributed by atoms with E-state index in [-0.39, 0.29) is 21.5 Å². The number of imide groups is 1. The summed E-state index contributed by atoms with van der Waals surface area (Å²) >= 11 is 5.17. The van der Waals surface area contributed by atoms with Crippen LogP contribution >= 0.6 is 22.9 Å². The summed E-state index contributed by atoms with van der Waals surface area (Å²) in [6.45, 7) is 0. The Bertz CT molecular complexity index is 1310. The molecule has 1 unspecified atom stereocenters. The summed E-state index contributed by atoms with van der Waals surface area (Å²) < 4.78 is 24.0. The molecule has 4 rings (SSSR count). The number of nitrogens with one attached hydrogen (secondary N) is 2. The minimum atomic E-state index is -2.20. The molecule has 0 aliphatic rings. The lowest BCUT2D eigenvalue weighted by molar-refractivity contribution is 0.0967. The molecule has 4 aromatic rings. The molecular weight excluding hydrogens is 462 g/mol. The zero-order chi connectivity index (χ0) is 22.0. The lowest BCUT2D eigenvalue weighted by atomic mass is 10.2. The van der Waals surface area contributed by atoms with Crippen LogP contribution in [-0.4, -0.2) is 35.5 Å². The molecule has 2 aromatic heterocycles. The quantitative estimate of drug-likeness (QED) is 0.426. The highest BCUT2D eigenvalue weighted by Crippen LogP contribution is 2.27. The molecule has 2 N–H and O–H groups in total. The van der Waals surface area contributed by atoms with Crippen molar-refractivity contribution in [1.82, 2.24) is 20.1 Å². The van der Waals surface area contributed by atoms with Crippen LogP contribution in [0.1, 0.15) is 15.9 Å². The molecule has 2 aromatic carbocycles. The predicted molar refractivity (Wildman–Crippen MR) is 117 cm³/mol. The zero-order valence-electron chi connectivity index (χ0n) is 15.6. The molecule has 31 heavy (non-hydrogen) atoms. The standard InChI is InChI=1S/C19H14ClN5O4S2/c20-14-9-12(25-7-1-6-21-25)3-4-13(14)17(26)23-18(27)24-19-22-15-5-2-11(10-31(28)29)8-16(15)30-19/h1-9H,10H2,(H,28,29)(H2,22,23,24,26,27)/p-1. The Morgan fingerprint density at radius 3 is 2.77 bits per heavy atom. The lowest BCUT2D eigenvalue weighted by Gasteiger charge is -2.08. The van der Waals surface area contributed by atoms with E-state index in [4.69, 9.17) is 11.6 Å². The number of carbonyl (C=O) groups is 2. The Morgan fingerprint density at radius 2 is 2.06 bits per heavy atom. The number of carbonyl (C=O) groups excluding carboxylic acids is 2. The first-order valence-corrected chi connectivity index (χ1v) is 11.2. The molecule has 0 aliphatic heterocycles. The van der Waals surface area contributed by atoms with Crippen LogP contribution < -0.4 is 10.6 Å². The third-order valence-electron chi connectivity index (χ3n) is 4.15. The van der Waals surface area contributed by atoms with Gasteiger partial charge in [-0.25, -0.2) is 14.5 Å². The topological polar surface area (TPSA) is 129 Å². The van der Waals surface area contributed by atoms with Gasteiger partial charge in [-0.05, 0) is 42.0 Å². The van der Waals surface area contributed by atoms with E-state index in [0.29, 0.717) is 21.5 Å². The summed E-state index contributed by atoms with van der Waals surface area (Å²) in [5.41, 5.74) is 2.02. The van der Waals surface area contributed by atoms with Gasteiger partial charge in [0.25, 0.3) is 5.91 Å². The van der Waals surface area contributed by atoms with Crippen LogP contribution in [-0.2, 0) is 16.8 Å². The Kier molecular flexibility index (Phi) is 6.09. The van der Waals surface area contributed by atoms with E-state index >= 15 is 0 Å². The van der Waals surface area contributed by atoms with Crippen LogP contribution in [0.5, 0.6) is 0 Å². The monoisotopic (exact) mass is 474 g/mol. The second-order valence-corrected chi connectivity index (χ2v) is 8.63. The number of rotatable bonds is 5. The van der Waals surface area contributed by atoms with E-state index < -0.39 is 23.0 Å². The molecular formula is C19H13ClN5O4S2-. The van der Waals surface area contributed by atoms with Gasteiger partial charge in [-0.2, -0.15) is 5.10 Å². The highest BCUT2D eigenvalue weighted by atomic mass is 35.5. The summed E-state index contributed by atoms with van der Waals surface area (Å²) in [7, 11) is 0. The molecule has 2 heterocycles. The summed E-state index contributed by atoms with van der Waals surface area (Å²) in [6.07, 6.45) is 3.35. The van der Waals surface area contributed by atoms with Gasteiger partial charge in [-0.1, -0.05) is 40.1 Å². The Hall–Kier alpha value is -3.12. The second kappa shape index (κ2) is 8.94.